The van der Waals surface area contributed by atoms with Crippen molar-refractivity contribution in [2.75, 3.05) is 20.3 Å². The van der Waals surface area contributed by atoms with Gasteiger partial charge in [-0.2, -0.15) is 10.2 Å². The van der Waals surface area contributed by atoms with E-state index in [9.17, 15) is 0 Å². The summed E-state index contributed by atoms with van der Waals surface area (Å²) in [5, 5.41) is 18.0. The topological polar surface area (TPSA) is 90.4 Å². The summed E-state index contributed by atoms with van der Waals surface area (Å²) < 4.78 is 8.38. The molecule has 0 saturated carbocycles. The minimum absolute atomic E-state index is 0.00824. The summed E-state index contributed by atoms with van der Waals surface area (Å²) >= 11 is 0. The van der Waals surface area contributed by atoms with Crippen LogP contribution in [0.4, 0.5) is 0 Å². The summed E-state index contributed by atoms with van der Waals surface area (Å²) in [5.41, 5.74) is 1.42. The van der Waals surface area contributed by atoms with Gasteiger partial charge in [0.15, 0.2) is 17.3 Å². The van der Waals surface area contributed by atoms with Crippen LogP contribution in [-0.2, 0) is 17.7 Å². The van der Waals surface area contributed by atoms with Crippen LogP contribution in [0.3, 0.4) is 0 Å². The van der Waals surface area contributed by atoms with Gasteiger partial charge in [0.25, 0.3) is 0 Å². The van der Waals surface area contributed by atoms with Crippen LogP contribution in [0.5, 0.6) is 0 Å². The fourth-order valence-corrected chi connectivity index (χ4v) is 2.07. The van der Waals surface area contributed by atoms with E-state index in [4.69, 9.17) is 9.84 Å². The first-order valence-electron chi connectivity index (χ1n) is 6.66. The second-order valence-corrected chi connectivity index (χ2v) is 4.49. The van der Waals surface area contributed by atoms with Crippen LogP contribution < -0.4 is 0 Å². The maximum absolute atomic E-state index is 9.16. The van der Waals surface area contributed by atoms with Gasteiger partial charge < -0.3 is 9.84 Å². The minimum Gasteiger partial charge on any atom is -0.394 e. The van der Waals surface area contributed by atoms with Crippen LogP contribution in [0.15, 0.2) is 24.5 Å². The van der Waals surface area contributed by atoms with Gasteiger partial charge in [0, 0.05) is 32.0 Å². The van der Waals surface area contributed by atoms with Crippen molar-refractivity contribution in [2.45, 2.75) is 13.0 Å². The Kier molecular flexibility index (Phi) is 3.89. The molecule has 0 radical (unpaired) electrons. The number of hydrogen-bond donors (Lipinski definition) is 1. The molecular formula is C13H16N6O2. The molecule has 0 unspecified atom stereocenters. The van der Waals surface area contributed by atoms with Gasteiger partial charge in [-0.3, -0.25) is 0 Å². The molecule has 8 nitrogen and oxygen atoms in total. The first-order valence-corrected chi connectivity index (χ1v) is 6.66. The minimum atomic E-state index is -0.00824. The summed E-state index contributed by atoms with van der Waals surface area (Å²) in [6.07, 6.45) is 4.15. The zero-order valence-electron chi connectivity index (χ0n) is 11.7. The van der Waals surface area contributed by atoms with Gasteiger partial charge in [-0.15, -0.1) is 0 Å². The first-order chi connectivity index (χ1) is 10.3. The molecule has 1 N–H and O–H groups in total. The summed E-state index contributed by atoms with van der Waals surface area (Å²) in [7, 11) is 1.64. The highest BCUT2D eigenvalue weighted by Crippen LogP contribution is 2.17. The molecule has 0 aromatic carbocycles. The summed E-state index contributed by atoms with van der Waals surface area (Å²) in [6, 6.07) is 3.66. The predicted octanol–water partition coefficient (Wildman–Crippen LogP) is 0.169. The maximum atomic E-state index is 9.16. The van der Waals surface area contributed by atoms with Crippen molar-refractivity contribution in [1.82, 2.24) is 29.4 Å². The Balaban J connectivity index is 2.00. The molecule has 0 aliphatic carbocycles. The van der Waals surface area contributed by atoms with E-state index < -0.39 is 0 Å². The number of rotatable bonds is 6. The van der Waals surface area contributed by atoms with E-state index in [-0.39, 0.29) is 6.61 Å². The lowest BCUT2D eigenvalue weighted by Gasteiger charge is -1.99. The molecule has 8 heteroatoms. The van der Waals surface area contributed by atoms with E-state index >= 15 is 0 Å². The number of hydrogen-bond acceptors (Lipinski definition) is 6. The van der Waals surface area contributed by atoms with Crippen LogP contribution in [-0.4, -0.2) is 54.8 Å². The van der Waals surface area contributed by atoms with E-state index in [0.717, 1.165) is 5.65 Å². The smallest absolute Gasteiger partial charge is 0.179 e. The molecule has 0 aliphatic heterocycles. The molecule has 0 bridgehead atoms. The van der Waals surface area contributed by atoms with Crippen molar-refractivity contribution in [3.05, 3.63) is 30.4 Å². The van der Waals surface area contributed by atoms with E-state index in [0.29, 0.717) is 36.9 Å². The highest BCUT2D eigenvalue weighted by Gasteiger charge is 2.15. The van der Waals surface area contributed by atoms with Gasteiger partial charge in [0.05, 0.1) is 19.8 Å². The van der Waals surface area contributed by atoms with E-state index in [2.05, 4.69) is 20.2 Å². The highest BCUT2D eigenvalue weighted by molar-refractivity contribution is 5.57. The molecule has 21 heavy (non-hydrogen) atoms. The molecule has 110 valence electrons. The zero-order valence-corrected chi connectivity index (χ0v) is 11.7. The molecular weight excluding hydrogens is 272 g/mol. The third-order valence-electron chi connectivity index (χ3n) is 3.02. The van der Waals surface area contributed by atoms with Crippen molar-refractivity contribution >= 4 is 5.65 Å². The first kappa shape index (κ1) is 13.7. The van der Waals surface area contributed by atoms with Gasteiger partial charge in [0.2, 0.25) is 0 Å². The second kappa shape index (κ2) is 5.98. The van der Waals surface area contributed by atoms with Crippen molar-refractivity contribution < 1.29 is 9.84 Å². The van der Waals surface area contributed by atoms with Crippen molar-refractivity contribution in [3.63, 3.8) is 0 Å². The molecule has 0 saturated heterocycles. The third kappa shape index (κ3) is 2.76. The van der Waals surface area contributed by atoms with Crippen molar-refractivity contribution in [1.29, 1.82) is 0 Å². The molecule has 3 aromatic heterocycles. The van der Waals surface area contributed by atoms with Crippen molar-refractivity contribution in [3.8, 4) is 11.5 Å². The predicted molar refractivity (Wildman–Crippen MR) is 74.7 cm³/mol. The zero-order chi connectivity index (χ0) is 14.7. The molecule has 0 aliphatic rings. The molecule has 0 atom stereocenters. The third-order valence-corrected chi connectivity index (χ3v) is 3.02. The largest absolute Gasteiger partial charge is 0.394 e. The molecule has 0 fully saturated rings. The highest BCUT2D eigenvalue weighted by atomic mass is 16.5. The monoisotopic (exact) mass is 288 g/mol. The number of aliphatic hydroxyl groups is 1. The number of nitrogens with zero attached hydrogens (tertiary/aromatic N) is 6. The Labute approximate surface area is 121 Å². The van der Waals surface area contributed by atoms with E-state index in [1.54, 1.807) is 22.5 Å². The van der Waals surface area contributed by atoms with Crippen LogP contribution in [0.2, 0.25) is 0 Å². The lowest BCUT2D eigenvalue weighted by molar-refractivity contribution is 0.200. The lowest BCUT2D eigenvalue weighted by atomic mass is 10.4. The van der Waals surface area contributed by atoms with Crippen LogP contribution in [0.25, 0.3) is 17.2 Å². The lowest BCUT2D eigenvalue weighted by Crippen LogP contribution is -2.07. The van der Waals surface area contributed by atoms with Gasteiger partial charge in [0.1, 0.15) is 5.69 Å². The van der Waals surface area contributed by atoms with Gasteiger partial charge in [-0.1, -0.05) is 0 Å². The number of fused-ring (bicyclic) bond motifs is 1. The number of aromatic nitrogens is 6. The van der Waals surface area contributed by atoms with Gasteiger partial charge in [-0.05, 0) is 6.07 Å². The Hall–Kier alpha value is -2.32. The molecule has 0 spiro atoms. The molecule has 3 heterocycles. The Morgan fingerprint density at radius 1 is 1.33 bits per heavy atom. The SMILES string of the molecule is COCCc1nc(-c2cc3ncccn3n2)n(CCO)n1. The Morgan fingerprint density at radius 2 is 2.24 bits per heavy atom. The summed E-state index contributed by atoms with van der Waals surface area (Å²) in [6.45, 7) is 0.914. The molecule has 3 rings (SSSR count). The summed E-state index contributed by atoms with van der Waals surface area (Å²) in [4.78, 5) is 8.72. The van der Waals surface area contributed by atoms with Gasteiger partial charge >= 0.3 is 0 Å². The van der Waals surface area contributed by atoms with Crippen LogP contribution in [0.1, 0.15) is 5.82 Å². The average molecular weight is 288 g/mol. The summed E-state index contributed by atoms with van der Waals surface area (Å²) in [5.74, 6) is 1.30. The fourth-order valence-electron chi connectivity index (χ4n) is 2.07. The fraction of sp³-hybridized carbons (Fsp3) is 0.385. The van der Waals surface area contributed by atoms with E-state index in [1.807, 2.05) is 18.3 Å². The normalized spacial score (nSPS) is 11.3. The number of aliphatic hydroxyl groups excluding tert-OH is 1. The quantitative estimate of drug-likeness (QED) is 0.695. The maximum Gasteiger partial charge on any atom is 0.179 e. The molecule has 0 amide bonds. The Bertz CT molecular complexity index is 702. The van der Waals surface area contributed by atoms with Crippen LogP contribution in [0, 0.1) is 0 Å². The number of methoxy groups -OCH3 is 1. The second-order valence-electron chi connectivity index (χ2n) is 4.49. The van der Waals surface area contributed by atoms with Crippen LogP contribution >= 0.6 is 0 Å². The van der Waals surface area contributed by atoms with Crippen molar-refractivity contribution in [2.24, 2.45) is 0 Å². The van der Waals surface area contributed by atoms with Gasteiger partial charge in [-0.25, -0.2) is 19.2 Å². The standard InChI is InChI=1S/C13H16N6O2/c1-21-8-3-11-15-13(19(17-11)6-7-20)10-9-12-14-4-2-5-18(12)16-10/h2,4-5,9,20H,3,6-8H2,1H3. The average Bonchev–Trinajstić information content (AvgIpc) is 3.08. The van der Waals surface area contributed by atoms with E-state index in [1.165, 1.54) is 0 Å². The molecule has 3 aromatic rings. The number of ether oxygens (including phenoxy) is 1. The Morgan fingerprint density at radius 3 is 3.00 bits per heavy atom.